The Morgan fingerprint density at radius 2 is 1.58 bits per heavy atom. The molecule has 4 heterocycles. The summed E-state index contributed by atoms with van der Waals surface area (Å²) in [6.45, 7) is 2.66. The van der Waals surface area contributed by atoms with Crippen molar-refractivity contribution in [2.75, 3.05) is 13.1 Å². The van der Waals surface area contributed by atoms with Gasteiger partial charge in [0.25, 0.3) is 5.56 Å². The Labute approximate surface area is 294 Å². The molecule has 0 saturated carbocycles. The Morgan fingerprint density at radius 1 is 0.940 bits per heavy atom. The number of nitrogens with one attached hydrogen (secondary N) is 3. The number of aromatic nitrogens is 2. The molecule has 1 aromatic rings. The van der Waals surface area contributed by atoms with Crippen molar-refractivity contribution in [1.29, 1.82) is 0 Å². The molecule has 1 amide bonds. The first-order valence-electron chi connectivity index (χ1n) is 18.9. The highest BCUT2D eigenvalue weighted by atomic mass is 16.7. The Bertz CT molecular complexity index is 1260. The number of carbonyl (C=O) groups is 1. The van der Waals surface area contributed by atoms with Gasteiger partial charge in [-0.25, -0.2) is 4.79 Å². The van der Waals surface area contributed by atoms with Gasteiger partial charge in [0, 0.05) is 37.3 Å². The van der Waals surface area contributed by atoms with Crippen LogP contribution in [0.2, 0.25) is 0 Å². The first-order chi connectivity index (χ1) is 24.1. The number of hydrogen-bond acceptors (Lipinski definition) is 12. The van der Waals surface area contributed by atoms with Crippen LogP contribution in [0.15, 0.2) is 21.9 Å². The first-order valence-corrected chi connectivity index (χ1v) is 18.9. The third-order valence-corrected chi connectivity index (χ3v) is 10.3. The van der Waals surface area contributed by atoms with E-state index in [2.05, 4.69) is 22.5 Å². The Kier molecular flexibility index (Phi) is 16.8. The van der Waals surface area contributed by atoms with Crippen molar-refractivity contribution in [2.45, 2.75) is 177 Å². The molecule has 0 aliphatic carbocycles. The molecule has 1 aromatic heterocycles. The Balaban J connectivity index is 1.29. The SMILES string of the molecule is CCCCCCCCCCCCCCCC(=O)N[C@@H]1CCN[C@@H](C(O[C@@H]2O[C@H](CN)[C@@H](O)[C@H]2O)[C@H]2O[C@@H](n3ccc(=O)[nH]c3=O)[C@H](O)[C@@H]2O)C1. The molecule has 3 aliphatic rings. The number of unbranched alkanes of at least 4 members (excludes halogenated alkanes) is 12. The number of nitrogens with two attached hydrogens (primary N) is 1. The summed E-state index contributed by atoms with van der Waals surface area (Å²) in [7, 11) is 0. The van der Waals surface area contributed by atoms with Crippen LogP contribution in [0.4, 0.5) is 0 Å². The van der Waals surface area contributed by atoms with Crippen LogP contribution < -0.4 is 27.6 Å². The lowest BCUT2D eigenvalue weighted by Gasteiger charge is -2.39. The van der Waals surface area contributed by atoms with E-state index in [9.17, 15) is 34.8 Å². The number of ether oxygens (including phenoxy) is 3. The van der Waals surface area contributed by atoms with Gasteiger partial charge >= 0.3 is 5.69 Å². The summed E-state index contributed by atoms with van der Waals surface area (Å²) in [4.78, 5) is 39.1. The van der Waals surface area contributed by atoms with Crippen molar-refractivity contribution in [3.63, 3.8) is 0 Å². The molecule has 0 radical (unpaired) electrons. The number of amides is 1. The van der Waals surface area contributed by atoms with Crippen molar-refractivity contribution in [3.05, 3.63) is 33.1 Å². The smallest absolute Gasteiger partial charge is 0.330 e. The van der Waals surface area contributed by atoms with Crippen molar-refractivity contribution in [3.8, 4) is 0 Å². The predicted octanol–water partition coefficient (Wildman–Crippen LogP) is 0.665. The minimum atomic E-state index is -1.58. The lowest BCUT2D eigenvalue weighted by molar-refractivity contribution is -0.228. The molecule has 1 unspecified atom stereocenters. The molecule has 11 atom stereocenters. The molecule has 3 fully saturated rings. The molecule has 15 nitrogen and oxygen atoms in total. The van der Waals surface area contributed by atoms with Crippen molar-refractivity contribution in [1.82, 2.24) is 20.2 Å². The van der Waals surface area contributed by atoms with Gasteiger partial charge in [-0.1, -0.05) is 84.0 Å². The maximum absolute atomic E-state index is 12.9. The van der Waals surface area contributed by atoms with Gasteiger partial charge in [0.1, 0.15) is 42.7 Å². The summed E-state index contributed by atoms with van der Waals surface area (Å²) in [5.74, 6) is -0.0373. The van der Waals surface area contributed by atoms with Crippen LogP contribution in [0.3, 0.4) is 0 Å². The van der Waals surface area contributed by atoms with Crippen LogP contribution in [0.5, 0.6) is 0 Å². The van der Waals surface area contributed by atoms with Crippen LogP contribution in [-0.2, 0) is 19.0 Å². The predicted molar refractivity (Wildman–Crippen MR) is 185 cm³/mol. The topological polar surface area (TPSA) is 231 Å². The minimum Gasteiger partial charge on any atom is -0.387 e. The van der Waals surface area contributed by atoms with E-state index < -0.39 is 72.5 Å². The number of H-pyrrole nitrogens is 1. The van der Waals surface area contributed by atoms with Crippen LogP contribution in [0.1, 0.15) is 116 Å². The molecular formula is C35H61N5O10. The molecule has 0 spiro atoms. The lowest BCUT2D eigenvalue weighted by atomic mass is 9.90. The quantitative estimate of drug-likeness (QED) is 0.0823. The summed E-state index contributed by atoms with van der Waals surface area (Å²) in [6.07, 6.45) is 6.80. The number of hydrogen-bond donors (Lipinski definition) is 8. The zero-order valence-corrected chi connectivity index (χ0v) is 29.5. The zero-order chi connectivity index (χ0) is 36.0. The zero-order valence-electron chi connectivity index (χ0n) is 29.5. The number of nitrogens with zero attached hydrogens (tertiary/aromatic N) is 1. The van der Waals surface area contributed by atoms with Gasteiger partial charge in [-0.2, -0.15) is 0 Å². The molecule has 9 N–H and O–H groups in total. The minimum absolute atomic E-state index is 0.0373. The second-order valence-corrected chi connectivity index (χ2v) is 14.2. The summed E-state index contributed by atoms with van der Waals surface area (Å²) in [6, 6.07) is 0.309. The van der Waals surface area contributed by atoms with E-state index in [0.717, 1.165) is 36.1 Å². The number of aliphatic hydroxyl groups excluding tert-OH is 4. The normalized spacial score (nSPS) is 32.0. The summed E-state index contributed by atoms with van der Waals surface area (Å²) in [5, 5.41) is 49.7. The van der Waals surface area contributed by atoms with Gasteiger partial charge in [0.2, 0.25) is 5.91 Å². The van der Waals surface area contributed by atoms with E-state index in [1.807, 2.05) is 0 Å². The van der Waals surface area contributed by atoms with E-state index in [4.69, 9.17) is 19.9 Å². The molecule has 3 saturated heterocycles. The van der Waals surface area contributed by atoms with E-state index in [-0.39, 0.29) is 18.5 Å². The van der Waals surface area contributed by atoms with Gasteiger partial charge in [-0.3, -0.25) is 19.1 Å². The number of aromatic amines is 1. The number of aliphatic hydroxyl groups is 4. The molecule has 4 rings (SSSR count). The molecule has 15 heteroatoms. The molecule has 0 bridgehead atoms. The maximum Gasteiger partial charge on any atom is 0.330 e. The fourth-order valence-corrected chi connectivity index (χ4v) is 7.33. The largest absolute Gasteiger partial charge is 0.387 e. The fraction of sp³-hybridized carbons (Fsp3) is 0.857. The van der Waals surface area contributed by atoms with E-state index in [0.29, 0.717) is 25.8 Å². The highest BCUT2D eigenvalue weighted by molar-refractivity contribution is 5.76. The summed E-state index contributed by atoms with van der Waals surface area (Å²) < 4.78 is 18.9. The molecule has 50 heavy (non-hydrogen) atoms. The second kappa shape index (κ2) is 20.7. The van der Waals surface area contributed by atoms with Crippen molar-refractivity contribution in [2.24, 2.45) is 5.73 Å². The third kappa shape index (κ3) is 11.4. The summed E-state index contributed by atoms with van der Waals surface area (Å²) >= 11 is 0. The van der Waals surface area contributed by atoms with Crippen LogP contribution in [-0.4, -0.2) is 110 Å². The number of rotatable bonds is 21. The standard InChI is InChI=1S/C35H61N5O10/c1-2-3-4-5-6-7-8-9-10-11-12-13-14-15-25(41)38-22-16-18-37-23(20-22)31(50-34-30(46)27(43)24(21-36)48-34)32-28(44)29(45)33(49-32)40-19-17-26(42)39-35(40)47/h17,19,22-24,27-34,37,43-46H,2-16,18,20-21,36H2,1H3,(H,38,41)(H,39,42,47)/t22-,23-,24-,27-,28+,29-,30-,31?,32+,33-,34+/m1/s1. The lowest BCUT2D eigenvalue weighted by Crippen LogP contribution is -2.59. The monoisotopic (exact) mass is 711 g/mol. The summed E-state index contributed by atoms with van der Waals surface area (Å²) in [5.41, 5.74) is 4.22. The van der Waals surface area contributed by atoms with Gasteiger partial charge < -0.3 is 51.0 Å². The van der Waals surface area contributed by atoms with Gasteiger partial charge in [-0.15, -0.1) is 0 Å². The maximum atomic E-state index is 12.9. The molecular weight excluding hydrogens is 650 g/mol. The molecule has 0 aromatic carbocycles. The fourth-order valence-electron chi connectivity index (χ4n) is 7.33. The number of carbonyl (C=O) groups excluding carboxylic acids is 1. The highest BCUT2D eigenvalue weighted by Crippen LogP contribution is 2.35. The first kappa shape index (κ1) is 40.6. The van der Waals surface area contributed by atoms with Crippen LogP contribution in [0, 0.1) is 0 Å². The van der Waals surface area contributed by atoms with E-state index in [1.165, 1.54) is 64.2 Å². The average molecular weight is 712 g/mol. The Hall–Kier alpha value is -2.21. The van der Waals surface area contributed by atoms with Gasteiger partial charge in [0.15, 0.2) is 12.5 Å². The van der Waals surface area contributed by atoms with Crippen molar-refractivity contribution >= 4 is 5.91 Å². The van der Waals surface area contributed by atoms with Crippen molar-refractivity contribution < 1.29 is 39.4 Å². The molecule has 286 valence electrons. The number of piperidine rings is 1. The van der Waals surface area contributed by atoms with E-state index in [1.54, 1.807) is 0 Å². The second-order valence-electron chi connectivity index (χ2n) is 14.2. The van der Waals surface area contributed by atoms with Gasteiger partial charge in [0.05, 0.1) is 0 Å². The van der Waals surface area contributed by atoms with Crippen LogP contribution in [0.25, 0.3) is 0 Å². The van der Waals surface area contributed by atoms with Gasteiger partial charge in [-0.05, 0) is 25.8 Å². The highest BCUT2D eigenvalue weighted by Gasteiger charge is 2.53. The molecule has 3 aliphatic heterocycles. The average Bonchev–Trinajstić information content (AvgIpc) is 3.54. The third-order valence-electron chi connectivity index (χ3n) is 10.3. The Morgan fingerprint density at radius 3 is 2.18 bits per heavy atom. The van der Waals surface area contributed by atoms with E-state index >= 15 is 0 Å². The van der Waals surface area contributed by atoms with Crippen LogP contribution >= 0.6 is 0 Å².